The first-order chi connectivity index (χ1) is 16.6. The van der Waals surface area contributed by atoms with Crippen LogP contribution in [0.25, 0.3) is 0 Å². The van der Waals surface area contributed by atoms with Gasteiger partial charge in [0.2, 0.25) is 5.91 Å². The first-order valence-corrected chi connectivity index (χ1v) is 13.4. The minimum atomic E-state index is -0.353. The molecule has 1 spiro atoms. The molecule has 1 aliphatic heterocycles. The number of amides is 3. The topological polar surface area (TPSA) is 81.9 Å². The second-order valence-corrected chi connectivity index (χ2v) is 12.3. The zero-order valence-electron chi connectivity index (χ0n) is 22.2. The first-order valence-electron chi connectivity index (χ1n) is 13.4. The Morgan fingerprint density at radius 3 is 2.34 bits per heavy atom. The number of carbonyl (C=O) groups is 2. The summed E-state index contributed by atoms with van der Waals surface area (Å²) in [4.78, 5) is 31.7. The molecule has 7 heteroatoms. The standard InChI is InChI=1S/C28H45N5O2/c1-26(2,19-30-17-24(29)34)20-32-21-27(33(25(32)35)18-22-9-8-10-22)13-15-28(16-14-27,31(3)4)23-11-6-5-7-12-23/h5-7,11-12,22,30H,8-10,13-21H2,1-4H3,(H2,29,34)/t27-,28+. The van der Waals surface area contributed by atoms with E-state index in [1.807, 2.05) is 0 Å². The number of hydrogen-bond donors (Lipinski definition) is 2. The van der Waals surface area contributed by atoms with Gasteiger partial charge in [-0.2, -0.15) is 0 Å². The number of rotatable bonds is 10. The van der Waals surface area contributed by atoms with E-state index in [2.05, 4.69) is 78.3 Å². The number of nitrogens with two attached hydrogens (primary N) is 1. The van der Waals surface area contributed by atoms with Crippen molar-refractivity contribution in [1.82, 2.24) is 20.0 Å². The van der Waals surface area contributed by atoms with Crippen LogP contribution >= 0.6 is 0 Å². The Hall–Kier alpha value is -2.12. The van der Waals surface area contributed by atoms with Crippen molar-refractivity contribution in [2.75, 3.05) is 46.8 Å². The van der Waals surface area contributed by atoms with Crippen LogP contribution in [0.1, 0.15) is 64.4 Å². The van der Waals surface area contributed by atoms with E-state index in [0.717, 1.165) is 38.8 Å². The molecule has 3 N–H and O–H groups in total. The smallest absolute Gasteiger partial charge is 0.320 e. The normalized spacial score (nSPS) is 27.6. The lowest BCUT2D eigenvalue weighted by atomic mass is 9.68. The summed E-state index contributed by atoms with van der Waals surface area (Å²) < 4.78 is 0. The van der Waals surface area contributed by atoms with Crippen LogP contribution in [0.2, 0.25) is 0 Å². The molecule has 1 heterocycles. The molecule has 3 amide bonds. The Bertz CT molecular complexity index is 888. The van der Waals surface area contributed by atoms with Crippen molar-refractivity contribution in [2.24, 2.45) is 17.1 Å². The van der Waals surface area contributed by atoms with Gasteiger partial charge in [-0.25, -0.2) is 4.79 Å². The second-order valence-electron chi connectivity index (χ2n) is 12.3. The maximum atomic E-state index is 13.8. The third-order valence-electron chi connectivity index (χ3n) is 8.92. The van der Waals surface area contributed by atoms with E-state index >= 15 is 0 Å². The SMILES string of the molecule is CN(C)[C@]1(c2ccccc2)CC[C@]2(CC1)CN(CC(C)(C)CNCC(N)=O)C(=O)N2CC1CCC1. The summed E-state index contributed by atoms with van der Waals surface area (Å²) in [6.45, 7) is 7.50. The molecule has 2 saturated carbocycles. The maximum Gasteiger partial charge on any atom is 0.320 e. The molecule has 1 aromatic carbocycles. The van der Waals surface area contributed by atoms with E-state index in [-0.39, 0.29) is 35.0 Å². The monoisotopic (exact) mass is 483 g/mol. The molecule has 4 rings (SSSR count). The van der Waals surface area contributed by atoms with Gasteiger partial charge in [-0.3, -0.25) is 9.69 Å². The molecular formula is C28H45N5O2. The van der Waals surface area contributed by atoms with Crippen LogP contribution in [-0.4, -0.2) is 79.0 Å². The summed E-state index contributed by atoms with van der Waals surface area (Å²) in [5.41, 5.74) is 6.46. The van der Waals surface area contributed by atoms with Gasteiger partial charge in [0.05, 0.1) is 12.1 Å². The van der Waals surface area contributed by atoms with Crippen LogP contribution < -0.4 is 11.1 Å². The van der Waals surface area contributed by atoms with Crippen molar-refractivity contribution < 1.29 is 9.59 Å². The number of carbonyl (C=O) groups excluding carboxylic acids is 2. The van der Waals surface area contributed by atoms with Crippen molar-refractivity contribution in [3.63, 3.8) is 0 Å². The molecule has 35 heavy (non-hydrogen) atoms. The number of nitrogens with one attached hydrogen (secondary N) is 1. The van der Waals surface area contributed by atoms with Gasteiger partial charge in [0.15, 0.2) is 0 Å². The number of hydrogen-bond acceptors (Lipinski definition) is 4. The molecule has 2 aliphatic carbocycles. The van der Waals surface area contributed by atoms with Gasteiger partial charge in [-0.1, -0.05) is 50.6 Å². The highest BCUT2D eigenvalue weighted by Crippen LogP contribution is 2.49. The number of nitrogens with zero attached hydrogens (tertiary/aromatic N) is 3. The highest BCUT2D eigenvalue weighted by molar-refractivity contribution is 5.78. The van der Waals surface area contributed by atoms with E-state index in [9.17, 15) is 9.59 Å². The molecular weight excluding hydrogens is 438 g/mol. The van der Waals surface area contributed by atoms with Gasteiger partial charge in [-0.15, -0.1) is 0 Å². The largest absolute Gasteiger partial charge is 0.369 e. The average molecular weight is 484 g/mol. The van der Waals surface area contributed by atoms with Crippen LogP contribution in [-0.2, 0) is 10.3 Å². The summed E-state index contributed by atoms with van der Waals surface area (Å²) in [6.07, 6.45) is 7.93. The van der Waals surface area contributed by atoms with Gasteiger partial charge in [0, 0.05) is 31.7 Å². The second kappa shape index (κ2) is 10.1. The Morgan fingerprint density at radius 1 is 1.14 bits per heavy atom. The van der Waals surface area contributed by atoms with Gasteiger partial charge in [0.25, 0.3) is 0 Å². The lowest BCUT2D eigenvalue weighted by molar-refractivity contribution is -0.117. The predicted octanol–water partition coefficient (Wildman–Crippen LogP) is 3.40. The summed E-state index contributed by atoms with van der Waals surface area (Å²) in [7, 11) is 4.40. The fraction of sp³-hybridized carbons (Fsp3) is 0.714. The fourth-order valence-corrected chi connectivity index (χ4v) is 6.61. The van der Waals surface area contributed by atoms with Gasteiger partial charge in [-0.05, 0) is 69.5 Å². The molecule has 0 atom stereocenters. The quantitative estimate of drug-likeness (QED) is 0.534. The van der Waals surface area contributed by atoms with Crippen LogP contribution in [0.4, 0.5) is 4.79 Å². The minimum absolute atomic E-state index is 0.0169. The Kier molecular flexibility index (Phi) is 7.49. The van der Waals surface area contributed by atoms with Crippen molar-refractivity contribution in [3.05, 3.63) is 35.9 Å². The molecule has 0 aromatic heterocycles. The molecule has 1 aromatic rings. The van der Waals surface area contributed by atoms with E-state index in [4.69, 9.17) is 5.73 Å². The van der Waals surface area contributed by atoms with E-state index in [1.54, 1.807) is 0 Å². The lowest BCUT2D eigenvalue weighted by Gasteiger charge is -2.51. The van der Waals surface area contributed by atoms with Crippen molar-refractivity contribution in [3.8, 4) is 0 Å². The van der Waals surface area contributed by atoms with E-state index in [1.165, 1.54) is 24.8 Å². The summed E-state index contributed by atoms with van der Waals surface area (Å²) >= 11 is 0. The average Bonchev–Trinajstić information content (AvgIpc) is 3.01. The van der Waals surface area contributed by atoms with Crippen molar-refractivity contribution >= 4 is 11.9 Å². The van der Waals surface area contributed by atoms with Crippen LogP contribution in [0.5, 0.6) is 0 Å². The predicted molar refractivity (Wildman–Crippen MR) is 140 cm³/mol. The number of urea groups is 1. The lowest BCUT2D eigenvalue weighted by Crippen LogP contribution is -2.56. The zero-order valence-corrected chi connectivity index (χ0v) is 22.2. The third-order valence-corrected chi connectivity index (χ3v) is 8.92. The molecule has 3 aliphatic rings. The fourth-order valence-electron chi connectivity index (χ4n) is 6.61. The molecule has 194 valence electrons. The van der Waals surface area contributed by atoms with Crippen molar-refractivity contribution in [2.45, 2.75) is 69.9 Å². The van der Waals surface area contributed by atoms with Crippen LogP contribution in [0, 0.1) is 11.3 Å². The van der Waals surface area contributed by atoms with E-state index < -0.39 is 0 Å². The van der Waals surface area contributed by atoms with E-state index in [0.29, 0.717) is 19.0 Å². The molecule has 7 nitrogen and oxygen atoms in total. The van der Waals surface area contributed by atoms with Crippen LogP contribution in [0.3, 0.4) is 0 Å². The third kappa shape index (κ3) is 5.36. The van der Waals surface area contributed by atoms with Crippen molar-refractivity contribution in [1.29, 1.82) is 0 Å². The minimum Gasteiger partial charge on any atom is -0.369 e. The van der Waals surface area contributed by atoms with Crippen LogP contribution in [0.15, 0.2) is 30.3 Å². The molecule has 1 saturated heterocycles. The number of primary amides is 1. The van der Waals surface area contributed by atoms with Gasteiger partial charge in [0.1, 0.15) is 0 Å². The maximum absolute atomic E-state index is 13.8. The Morgan fingerprint density at radius 2 is 1.80 bits per heavy atom. The molecule has 0 bridgehead atoms. The first kappa shape index (κ1) is 26.0. The number of benzene rings is 1. The molecule has 3 fully saturated rings. The highest BCUT2D eigenvalue weighted by Gasteiger charge is 2.55. The summed E-state index contributed by atoms with van der Waals surface area (Å²) in [5.74, 6) is 0.296. The Balaban J connectivity index is 1.52. The van der Waals surface area contributed by atoms with Gasteiger partial charge < -0.3 is 20.9 Å². The summed E-state index contributed by atoms with van der Waals surface area (Å²) in [5, 5.41) is 3.16. The molecule has 0 radical (unpaired) electrons. The Labute approximate surface area is 211 Å². The zero-order chi connectivity index (χ0) is 25.3. The van der Waals surface area contributed by atoms with Gasteiger partial charge >= 0.3 is 6.03 Å². The molecule has 0 unspecified atom stereocenters. The highest BCUT2D eigenvalue weighted by atomic mass is 16.2. The summed E-state index contributed by atoms with van der Waals surface area (Å²) in [6, 6.07) is 11.1.